The molecule has 0 aromatic rings. The maximum absolute atomic E-state index is 12.2. The van der Waals surface area contributed by atoms with Gasteiger partial charge in [0.15, 0.2) is 0 Å². The number of ether oxygens (including phenoxy) is 2. The van der Waals surface area contributed by atoms with E-state index in [1.54, 1.807) is 7.11 Å². The number of carbonyl (C=O) groups is 1. The standard InChI is InChI=1S/C14H24N2O3/c1-18-8-6-15-5-4-14(9-15)10-16(11-14)13(17)12-3-2-7-19-12/h12H,2-11H2,1H3/t12-/m0/s1. The van der Waals surface area contributed by atoms with Crippen LogP contribution in [0, 0.1) is 5.41 Å². The SMILES string of the molecule is COCCN1CCC2(C1)CN(C(=O)[C@@H]1CCCO1)C2. The van der Waals surface area contributed by atoms with Gasteiger partial charge in [-0.25, -0.2) is 0 Å². The van der Waals surface area contributed by atoms with Crippen LogP contribution in [-0.4, -0.2) is 74.9 Å². The Hall–Kier alpha value is -0.650. The van der Waals surface area contributed by atoms with Crippen LogP contribution in [0.5, 0.6) is 0 Å². The predicted molar refractivity (Wildman–Crippen MR) is 70.9 cm³/mol. The molecule has 0 unspecified atom stereocenters. The second kappa shape index (κ2) is 5.38. The topological polar surface area (TPSA) is 42.0 Å². The van der Waals surface area contributed by atoms with Crippen molar-refractivity contribution < 1.29 is 14.3 Å². The van der Waals surface area contributed by atoms with Gasteiger partial charge in [0.1, 0.15) is 6.10 Å². The van der Waals surface area contributed by atoms with Crippen LogP contribution < -0.4 is 0 Å². The second-order valence-electron chi connectivity index (χ2n) is 6.21. The highest BCUT2D eigenvalue weighted by atomic mass is 16.5. The lowest BCUT2D eigenvalue weighted by Crippen LogP contribution is -2.61. The van der Waals surface area contributed by atoms with Crippen LogP contribution in [0.25, 0.3) is 0 Å². The molecule has 3 fully saturated rings. The third-order valence-electron chi connectivity index (χ3n) is 4.70. The molecule has 3 rings (SSSR count). The van der Waals surface area contributed by atoms with Crippen molar-refractivity contribution in [3.05, 3.63) is 0 Å². The number of carbonyl (C=O) groups excluding carboxylic acids is 1. The third-order valence-corrected chi connectivity index (χ3v) is 4.70. The van der Waals surface area contributed by atoms with Gasteiger partial charge in [-0.1, -0.05) is 0 Å². The number of hydrogen-bond donors (Lipinski definition) is 0. The summed E-state index contributed by atoms with van der Waals surface area (Å²) in [4.78, 5) is 16.6. The molecule has 108 valence electrons. The zero-order chi connectivity index (χ0) is 13.3. The Kier molecular flexibility index (Phi) is 3.78. The Labute approximate surface area is 114 Å². The van der Waals surface area contributed by atoms with Gasteiger partial charge in [-0.2, -0.15) is 0 Å². The van der Waals surface area contributed by atoms with E-state index in [0.29, 0.717) is 5.41 Å². The molecular formula is C14H24N2O3. The lowest BCUT2D eigenvalue weighted by molar-refractivity contribution is -0.152. The van der Waals surface area contributed by atoms with Gasteiger partial charge in [-0.3, -0.25) is 4.79 Å². The average Bonchev–Trinajstić information content (AvgIpc) is 3.03. The summed E-state index contributed by atoms with van der Waals surface area (Å²) in [6.45, 7) is 6.67. The molecule has 1 spiro atoms. The van der Waals surface area contributed by atoms with Crippen molar-refractivity contribution in [1.29, 1.82) is 0 Å². The number of hydrogen-bond acceptors (Lipinski definition) is 4. The molecule has 0 saturated carbocycles. The van der Waals surface area contributed by atoms with E-state index >= 15 is 0 Å². The van der Waals surface area contributed by atoms with Gasteiger partial charge >= 0.3 is 0 Å². The van der Waals surface area contributed by atoms with Crippen molar-refractivity contribution in [2.45, 2.75) is 25.4 Å². The molecule has 3 aliphatic rings. The molecule has 3 heterocycles. The van der Waals surface area contributed by atoms with Gasteiger partial charge in [0.05, 0.1) is 6.61 Å². The summed E-state index contributed by atoms with van der Waals surface area (Å²) < 4.78 is 10.6. The van der Waals surface area contributed by atoms with Crippen molar-refractivity contribution >= 4 is 5.91 Å². The maximum Gasteiger partial charge on any atom is 0.251 e. The van der Waals surface area contributed by atoms with Crippen LogP contribution >= 0.6 is 0 Å². The molecular weight excluding hydrogens is 244 g/mol. The fraction of sp³-hybridized carbons (Fsp3) is 0.929. The highest BCUT2D eigenvalue weighted by Crippen LogP contribution is 2.40. The molecule has 0 aromatic heterocycles. The number of amides is 1. The normalized spacial score (nSPS) is 29.9. The summed E-state index contributed by atoms with van der Waals surface area (Å²) in [5.41, 5.74) is 0.363. The van der Waals surface area contributed by atoms with Gasteiger partial charge in [0, 0.05) is 45.3 Å². The Morgan fingerprint density at radius 3 is 2.95 bits per heavy atom. The fourth-order valence-electron chi connectivity index (χ4n) is 3.59. The molecule has 0 aliphatic carbocycles. The Balaban J connectivity index is 1.45. The van der Waals surface area contributed by atoms with E-state index in [2.05, 4.69) is 4.90 Å². The van der Waals surface area contributed by atoms with Crippen molar-refractivity contribution in [1.82, 2.24) is 9.80 Å². The zero-order valence-electron chi connectivity index (χ0n) is 11.8. The quantitative estimate of drug-likeness (QED) is 0.738. The smallest absolute Gasteiger partial charge is 0.251 e. The first kappa shape index (κ1) is 13.3. The lowest BCUT2D eigenvalue weighted by Gasteiger charge is -2.48. The zero-order valence-corrected chi connectivity index (χ0v) is 11.8. The fourth-order valence-corrected chi connectivity index (χ4v) is 3.59. The van der Waals surface area contributed by atoms with Crippen molar-refractivity contribution in [2.75, 3.05) is 53.0 Å². The number of rotatable bonds is 4. The highest BCUT2D eigenvalue weighted by molar-refractivity contribution is 5.82. The van der Waals surface area contributed by atoms with Crippen LogP contribution in [0.1, 0.15) is 19.3 Å². The van der Waals surface area contributed by atoms with Crippen molar-refractivity contribution in [3.8, 4) is 0 Å². The van der Waals surface area contributed by atoms with Crippen LogP contribution in [0.2, 0.25) is 0 Å². The summed E-state index contributed by atoms with van der Waals surface area (Å²) in [5, 5.41) is 0. The molecule has 5 heteroatoms. The molecule has 1 atom stereocenters. The van der Waals surface area contributed by atoms with E-state index in [9.17, 15) is 4.79 Å². The van der Waals surface area contributed by atoms with Crippen molar-refractivity contribution in [2.24, 2.45) is 5.41 Å². The van der Waals surface area contributed by atoms with Crippen LogP contribution in [0.4, 0.5) is 0 Å². The Morgan fingerprint density at radius 2 is 2.26 bits per heavy atom. The lowest BCUT2D eigenvalue weighted by atomic mass is 9.78. The van der Waals surface area contributed by atoms with Gasteiger partial charge in [0.2, 0.25) is 0 Å². The molecule has 3 aliphatic heterocycles. The van der Waals surface area contributed by atoms with E-state index in [4.69, 9.17) is 9.47 Å². The summed E-state index contributed by atoms with van der Waals surface area (Å²) in [6.07, 6.45) is 3.00. The number of nitrogens with zero attached hydrogens (tertiary/aromatic N) is 2. The van der Waals surface area contributed by atoms with Gasteiger partial charge < -0.3 is 19.3 Å². The number of likely N-dealkylation sites (tertiary alicyclic amines) is 2. The van der Waals surface area contributed by atoms with Crippen LogP contribution in [0.15, 0.2) is 0 Å². The van der Waals surface area contributed by atoms with Gasteiger partial charge in [-0.05, 0) is 25.8 Å². The first-order chi connectivity index (χ1) is 9.22. The molecule has 5 nitrogen and oxygen atoms in total. The first-order valence-electron chi connectivity index (χ1n) is 7.34. The Morgan fingerprint density at radius 1 is 1.42 bits per heavy atom. The van der Waals surface area contributed by atoms with Gasteiger partial charge in [-0.15, -0.1) is 0 Å². The minimum Gasteiger partial charge on any atom is -0.383 e. The molecule has 19 heavy (non-hydrogen) atoms. The van der Waals surface area contributed by atoms with E-state index < -0.39 is 0 Å². The molecule has 0 N–H and O–H groups in total. The minimum atomic E-state index is -0.150. The van der Waals surface area contributed by atoms with E-state index in [1.807, 2.05) is 4.90 Å². The minimum absolute atomic E-state index is 0.150. The molecule has 0 bridgehead atoms. The highest BCUT2D eigenvalue weighted by Gasteiger charge is 2.50. The Bertz CT molecular complexity index is 336. The third kappa shape index (κ3) is 2.64. The molecule has 0 aromatic carbocycles. The summed E-state index contributed by atoms with van der Waals surface area (Å²) >= 11 is 0. The largest absolute Gasteiger partial charge is 0.383 e. The van der Waals surface area contributed by atoms with E-state index in [1.165, 1.54) is 6.42 Å². The van der Waals surface area contributed by atoms with Crippen LogP contribution in [0.3, 0.4) is 0 Å². The predicted octanol–water partition coefficient (Wildman–Crippen LogP) is 0.346. The average molecular weight is 268 g/mol. The van der Waals surface area contributed by atoms with Gasteiger partial charge in [0.25, 0.3) is 5.91 Å². The maximum atomic E-state index is 12.2. The first-order valence-corrected chi connectivity index (χ1v) is 7.34. The molecule has 3 saturated heterocycles. The van der Waals surface area contributed by atoms with Crippen molar-refractivity contribution in [3.63, 3.8) is 0 Å². The van der Waals surface area contributed by atoms with E-state index in [0.717, 1.165) is 58.8 Å². The molecule has 1 amide bonds. The summed E-state index contributed by atoms with van der Waals surface area (Å²) in [7, 11) is 1.75. The second-order valence-corrected chi connectivity index (χ2v) is 6.21. The number of methoxy groups -OCH3 is 1. The van der Waals surface area contributed by atoms with Crippen LogP contribution in [-0.2, 0) is 14.3 Å². The summed E-state index contributed by atoms with van der Waals surface area (Å²) in [6, 6.07) is 0. The van der Waals surface area contributed by atoms with E-state index in [-0.39, 0.29) is 12.0 Å². The monoisotopic (exact) mass is 268 g/mol. The molecule has 0 radical (unpaired) electrons. The summed E-state index contributed by atoms with van der Waals surface area (Å²) in [5.74, 6) is 0.221.